The minimum Gasteiger partial charge on any atom is -0.0836 e. The lowest BCUT2D eigenvalue weighted by Crippen LogP contribution is -1.92. The number of halogens is 2. The van der Waals surface area contributed by atoms with Gasteiger partial charge in [0.25, 0.3) is 0 Å². The molecule has 5 rings (SSSR count). The van der Waals surface area contributed by atoms with Crippen molar-refractivity contribution in [3.63, 3.8) is 0 Å². The normalized spacial score (nSPS) is 11.2. The molecule has 0 fully saturated rings. The monoisotopic (exact) mass is 398 g/mol. The Bertz CT molecular complexity index is 1240. The predicted molar refractivity (Wildman–Crippen MR) is 122 cm³/mol. The molecule has 0 spiro atoms. The Morgan fingerprint density at radius 2 is 0.821 bits per heavy atom. The lowest BCUT2D eigenvalue weighted by molar-refractivity contribution is 1.65. The fourth-order valence-electron chi connectivity index (χ4n) is 4.05. The van der Waals surface area contributed by atoms with Crippen LogP contribution in [0.1, 0.15) is 0 Å². The van der Waals surface area contributed by atoms with E-state index in [1.807, 2.05) is 48.5 Å². The van der Waals surface area contributed by atoms with E-state index in [2.05, 4.69) is 48.5 Å². The first-order valence-corrected chi connectivity index (χ1v) is 9.94. The summed E-state index contributed by atoms with van der Waals surface area (Å²) in [6.45, 7) is 0. The molecule has 0 amide bonds. The third-order valence-electron chi connectivity index (χ3n) is 5.19. The van der Waals surface area contributed by atoms with E-state index in [1.165, 1.54) is 0 Å². The maximum absolute atomic E-state index is 6.78. The summed E-state index contributed by atoms with van der Waals surface area (Å²) in [7, 11) is 0. The molecule has 0 radical (unpaired) electrons. The van der Waals surface area contributed by atoms with Gasteiger partial charge in [-0.25, -0.2) is 0 Å². The standard InChI is InChI=1S/C26H16Cl2/c27-21-15-7-13-19-23(17-9-3-1-4-10-17)20-14-8-16-22(28)26(20)24(25(19)21)18-11-5-2-6-12-18/h1-16H. The summed E-state index contributed by atoms with van der Waals surface area (Å²) in [6.07, 6.45) is 0. The molecule has 5 aromatic rings. The van der Waals surface area contributed by atoms with Crippen LogP contribution in [-0.2, 0) is 0 Å². The average Bonchev–Trinajstić information content (AvgIpc) is 2.74. The fourth-order valence-corrected chi connectivity index (χ4v) is 4.59. The molecule has 0 unspecified atom stereocenters. The second kappa shape index (κ2) is 6.98. The molecule has 134 valence electrons. The van der Waals surface area contributed by atoms with Gasteiger partial charge in [-0.2, -0.15) is 0 Å². The Labute approximate surface area is 174 Å². The molecular weight excluding hydrogens is 383 g/mol. The van der Waals surface area contributed by atoms with Gasteiger partial charge in [0.05, 0.1) is 0 Å². The van der Waals surface area contributed by atoms with E-state index < -0.39 is 0 Å². The molecule has 0 saturated heterocycles. The van der Waals surface area contributed by atoms with Gasteiger partial charge in [-0.15, -0.1) is 0 Å². The van der Waals surface area contributed by atoms with Crippen LogP contribution in [0.2, 0.25) is 10.0 Å². The predicted octanol–water partition coefficient (Wildman–Crippen LogP) is 8.63. The molecule has 0 N–H and O–H groups in total. The van der Waals surface area contributed by atoms with E-state index in [1.54, 1.807) is 0 Å². The average molecular weight is 399 g/mol. The molecule has 0 aliphatic heterocycles. The molecule has 0 aliphatic rings. The highest BCUT2D eigenvalue weighted by Crippen LogP contribution is 2.47. The lowest BCUT2D eigenvalue weighted by Gasteiger charge is -2.19. The van der Waals surface area contributed by atoms with Crippen molar-refractivity contribution in [2.75, 3.05) is 0 Å². The van der Waals surface area contributed by atoms with Gasteiger partial charge in [-0.05, 0) is 39.6 Å². The third kappa shape index (κ3) is 2.69. The number of fused-ring (bicyclic) bond motifs is 2. The summed E-state index contributed by atoms with van der Waals surface area (Å²) in [6, 6.07) is 33.0. The summed E-state index contributed by atoms with van der Waals surface area (Å²) < 4.78 is 0. The summed E-state index contributed by atoms with van der Waals surface area (Å²) in [5.41, 5.74) is 4.51. The molecule has 0 nitrogen and oxygen atoms in total. The number of hydrogen-bond acceptors (Lipinski definition) is 0. The SMILES string of the molecule is Clc1cccc2c(-c3ccccc3)c3cccc(Cl)c3c(-c3ccccc3)c12. The molecule has 5 aromatic carbocycles. The minimum atomic E-state index is 0.732. The van der Waals surface area contributed by atoms with Gasteiger partial charge in [0.15, 0.2) is 0 Å². The molecule has 0 bridgehead atoms. The van der Waals surface area contributed by atoms with Crippen molar-refractivity contribution in [2.24, 2.45) is 0 Å². The molecule has 28 heavy (non-hydrogen) atoms. The molecule has 0 saturated carbocycles. The van der Waals surface area contributed by atoms with E-state index >= 15 is 0 Å². The van der Waals surface area contributed by atoms with Crippen molar-refractivity contribution in [1.82, 2.24) is 0 Å². The van der Waals surface area contributed by atoms with E-state index in [4.69, 9.17) is 23.2 Å². The van der Waals surface area contributed by atoms with Crippen molar-refractivity contribution in [2.45, 2.75) is 0 Å². The minimum absolute atomic E-state index is 0.732. The van der Waals surface area contributed by atoms with E-state index in [0.29, 0.717) is 0 Å². The molecule has 0 heterocycles. The Morgan fingerprint density at radius 1 is 0.393 bits per heavy atom. The maximum Gasteiger partial charge on any atom is 0.0491 e. The maximum atomic E-state index is 6.78. The van der Waals surface area contributed by atoms with Crippen molar-refractivity contribution >= 4 is 44.7 Å². The molecular formula is C26H16Cl2. The van der Waals surface area contributed by atoms with Crippen molar-refractivity contribution in [3.8, 4) is 22.3 Å². The van der Waals surface area contributed by atoms with Gasteiger partial charge < -0.3 is 0 Å². The second-order valence-electron chi connectivity index (χ2n) is 6.81. The molecule has 0 aromatic heterocycles. The van der Waals surface area contributed by atoms with E-state index in [0.717, 1.165) is 53.8 Å². The molecule has 0 atom stereocenters. The van der Waals surface area contributed by atoms with Crippen LogP contribution in [0, 0.1) is 0 Å². The summed E-state index contributed by atoms with van der Waals surface area (Å²) in [5, 5.41) is 5.80. The quantitative estimate of drug-likeness (QED) is 0.261. The second-order valence-corrected chi connectivity index (χ2v) is 7.62. The summed E-state index contributed by atoms with van der Waals surface area (Å²) >= 11 is 13.6. The van der Waals surface area contributed by atoms with Crippen LogP contribution < -0.4 is 0 Å². The van der Waals surface area contributed by atoms with Gasteiger partial charge in [0.1, 0.15) is 0 Å². The zero-order valence-corrected chi connectivity index (χ0v) is 16.5. The third-order valence-corrected chi connectivity index (χ3v) is 5.82. The first kappa shape index (κ1) is 17.3. The van der Waals surface area contributed by atoms with Crippen LogP contribution in [-0.4, -0.2) is 0 Å². The number of hydrogen-bond donors (Lipinski definition) is 0. The van der Waals surface area contributed by atoms with Crippen LogP contribution in [0.3, 0.4) is 0 Å². The zero-order valence-electron chi connectivity index (χ0n) is 15.0. The fraction of sp³-hybridized carbons (Fsp3) is 0. The van der Waals surface area contributed by atoms with Crippen molar-refractivity contribution in [3.05, 3.63) is 107 Å². The Balaban J connectivity index is 2.09. The Hall–Kier alpha value is -2.80. The van der Waals surface area contributed by atoms with Crippen LogP contribution >= 0.6 is 23.2 Å². The van der Waals surface area contributed by atoms with Crippen LogP contribution in [0.25, 0.3) is 43.8 Å². The van der Waals surface area contributed by atoms with Crippen LogP contribution in [0.15, 0.2) is 97.1 Å². The van der Waals surface area contributed by atoms with Gasteiger partial charge in [-0.1, -0.05) is 108 Å². The highest BCUT2D eigenvalue weighted by Gasteiger charge is 2.19. The van der Waals surface area contributed by atoms with Crippen molar-refractivity contribution in [1.29, 1.82) is 0 Å². The zero-order chi connectivity index (χ0) is 19.1. The largest absolute Gasteiger partial charge is 0.0836 e. The van der Waals surface area contributed by atoms with Crippen LogP contribution in [0.5, 0.6) is 0 Å². The smallest absolute Gasteiger partial charge is 0.0491 e. The number of benzene rings is 5. The molecule has 2 heteroatoms. The Kier molecular flexibility index (Phi) is 4.31. The first-order valence-electron chi connectivity index (χ1n) is 9.19. The lowest BCUT2D eigenvalue weighted by atomic mass is 9.86. The molecule has 0 aliphatic carbocycles. The van der Waals surface area contributed by atoms with Crippen LogP contribution in [0.4, 0.5) is 0 Å². The Morgan fingerprint density at radius 3 is 1.29 bits per heavy atom. The summed E-state index contributed by atoms with van der Waals surface area (Å²) in [5.74, 6) is 0. The highest BCUT2D eigenvalue weighted by atomic mass is 35.5. The highest BCUT2D eigenvalue weighted by molar-refractivity contribution is 6.42. The van der Waals surface area contributed by atoms with Gasteiger partial charge in [0.2, 0.25) is 0 Å². The topological polar surface area (TPSA) is 0 Å². The van der Waals surface area contributed by atoms with Crippen molar-refractivity contribution < 1.29 is 0 Å². The summed E-state index contributed by atoms with van der Waals surface area (Å²) in [4.78, 5) is 0. The van der Waals surface area contributed by atoms with Gasteiger partial charge in [0, 0.05) is 26.4 Å². The first-order chi connectivity index (χ1) is 13.8. The van der Waals surface area contributed by atoms with Gasteiger partial charge in [-0.3, -0.25) is 0 Å². The van der Waals surface area contributed by atoms with E-state index in [-0.39, 0.29) is 0 Å². The van der Waals surface area contributed by atoms with Gasteiger partial charge >= 0.3 is 0 Å². The van der Waals surface area contributed by atoms with E-state index in [9.17, 15) is 0 Å². The number of rotatable bonds is 2.